The molecule has 0 aromatic carbocycles. The lowest BCUT2D eigenvalue weighted by atomic mass is 10.2. The van der Waals surface area contributed by atoms with Crippen LogP contribution in [0.2, 0.25) is 5.02 Å². The number of hydrogen-bond acceptors (Lipinski definition) is 6. The Labute approximate surface area is 183 Å². The van der Waals surface area contributed by atoms with Crippen molar-refractivity contribution in [1.29, 1.82) is 0 Å². The molecule has 1 fully saturated rings. The topological polar surface area (TPSA) is 108 Å². The van der Waals surface area contributed by atoms with Crippen LogP contribution in [-0.2, 0) is 4.74 Å². The molecule has 1 aliphatic heterocycles. The first-order chi connectivity index (χ1) is 15.1. The van der Waals surface area contributed by atoms with Gasteiger partial charge in [0.1, 0.15) is 5.65 Å². The molecule has 4 rings (SSSR count). The van der Waals surface area contributed by atoms with Crippen LogP contribution in [0, 0.1) is 5.82 Å². The summed E-state index contributed by atoms with van der Waals surface area (Å²) in [6.45, 7) is 4.18. The van der Waals surface area contributed by atoms with Crippen LogP contribution >= 0.6 is 11.6 Å². The van der Waals surface area contributed by atoms with Crippen LogP contribution in [0.25, 0.3) is 22.4 Å². The Bertz CT molecular complexity index is 1080. The van der Waals surface area contributed by atoms with E-state index >= 15 is 0 Å². The molecule has 31 heavy (non-hydrogen) atoms. The van der Waals surface area contributed by atoms with Crippen molar-refractivity contribution in [2.45, 2.75) is 19.4 Å². The Kier molecular flexibility index (Phi) is 6.47. The summed E-state index contributed by atoms with van der Waals surface area (Å²) < 4.78 is 19.9. The number of carbonyl (C=O) groups excluding carboxylic acids is 1. The van der Waals surface area contributed by atoms with E-state index in [9.17, 15) is 9.18 Å². The predicted octanol–water partition coefficient (Wildman–Crippen LogP) is 3.04. The van der Waals surface area contributed by atoms with Crippen LogP contribution in [0.3, 0.4) is 0 Å². The summed E-state index contributed by atoms with van der Waals surface area (Å²) in [5, 5.41) is 7.10. The second-order valence-electron chi connectivity index (χ2n) is 7.18. The standard InChI is InChI=1S/C20H23ClFN7O2/c1-2-3-23-20(30)29-4-5-31-11-13(29)8-25-19-16(22)10-27-18(28-19)15-9-26-17-14(15)6-12(21)7-24-17/h6-7,9-10,13H,2-5,8,11H2,1H3,(H,23,30)(H,24,26)(H,25,27,28). The number of amides is 2. The van der Waals surface area contributed by atoms with Crippen molar-refractivity contribution in [2.75, 3.05) is 38.2 Å². The van der Waals surface area contributed by atoms with Gasteiger partial charge in [0.15, 0.2) is 17.5 Å². The summed E-state index contributed by atoms with van der Waals surface area (Å²) in [4.78, 5) is 29.8. The van der Waals surface area contributed by atoms with Gasteiger partial charge in [-0.25, -0.2) is 24.1 Å². The van der Waals surface area contributed by atoms with E-state index in [2.05, 4.69) is 30.6 Å². The Hall–Kier alpha value is -2.98. The van der Waals surface area contributed by atoms with Crippen molar-refractivity contribution < 1.29 is 13.9 Å². The zero-order chi connectivity index (χ0) is 21.8. The highest BCUT2D eigenvalue weighted by Gasteiger charge is 2.27. The highest BCUT2D eigenvalue weighted by Crippen LogP contribution is 2.28. The van der Waals surface area contributed by atoms with Gasteiger partial charge in [0.25, 0.3) is 0 Å². The summed E-state index contributed by atoms with van der Waals surface area (Å²) in [5.74, 6) is -0.205. The number of nitrogens with zero attached hydrogens (tertiary/aromatic N) is 4. The van der Waals surface area contributed by atoms with Gasteiger partial charge in [-0.3, -0.25) is 0 Å². The van der Waals surface area contributed by atoms with E-state index in [0.717, 1.165) is 18.0 Å². The van der Waals surface area contributed by atoms with Gasteiger partial charge < -0.3 is 25.3 Å². The molecule has 0 saturated carbocycles. The third kappa shape index (κ3) is 4.70. The minimum atomic E-state index is -0.585. The molecule has 1 aliphatic rings. The van der Waals surface area contributed by atoms with Crippen molar-refractivity contribution in [2.24, 2.45) is 0 Å². The molecule has 0 radical (unpaired) electrons. The Morgan fingerprint density at radius 3 is 3.13 bits per heavy atom. The van der Waals surface area contributed by atoms with Crippen LogP contribution in [0.4, 0.5) is 15.0 Å². The van der Waals surface area contributed by atoms with E-state index in [4.69, 9.17) is 16.3 Å². The lowest BCUT2D eigenvalue weighted by Crippen LogP contribution is -2.55. The highest BCUT2D eigenvalue weighted by atomic mass is 35.5. The maximum Gasteiger partial charge on any atom is 0.317 e. The molecule has 3 aromatic heterocycles. The Balaban J connectivity index is 1.52. The second kappa shape index (κ2) is 9.44. The zero-order valence-corrected chi connectivity index (χ0v) is 17.7. The fourth-order valence-corrected chi connectivity index (χ4v) is 3.58. The number of morpholine rings is 1. The fourth-order valence-electron chi connectivity index (χ4n) is 3.42. The van der Waals surface area contributed by atoms with Gasteiger partial charge in [-0.15, -0.1) is 0 Å². The van der Waals surface area contributed by atoms with Crippen molar-refractivity contribution in [3.63, 3.8) is 0 Å². The molecule has 3 N–H and O–H groups in total. The van der Waals surface area contributed by atoms with Gasteiger partial charge in [0, 0.05) is 43.0 Å². The maximum atomic E-state index is 14.4. The number of nitrogens with one attached hydrogen (secondary N) is 3. The lowest BCUT2D eigenvalue weighted by molar-refractivity contribution is 0.0171. The first-order valence-electron chi connectivity index (χ1n) is 10.1. The van der Waals surface area contributed by atoms with Crippen LogP contribution in [0.15, 0.2) is 24.7 Å². The van der Waals surface area contributed by atoms with Crippen molar-refractivity contribution >= 4 is 34.5 Å². The van der Waals surface area contributed by atoms with Crippen molar-refractivity contribution in [1.82, 2.24) is 30.2 Å². The molecule has 164 valence electrons. The van der Waals surface area contributed by atoms with E-state index in [1.807, 2.05) is 6.92 Å². The number of aromatic amines is 1. The molecule has 2 amide bonds. The number of H-pyrrole nitrogens is 1. The van der Waals surface area contributed by atoms with Crippen molar-refractivity contribution in [3.05, 3.63) is 35.5 Å². The van der Waals surface area contributed by atoms with E-state index in [1.165, 1.54) is 6.20 Å². The monoisotopic (exact) mass is 447 g/mol. The molecule has 9 nitrogen and oxygen atoms in total. The largest absolute Gasteiger partial charge is 0.377 e. The molecular weight excluding hydrogens is 425 g/mol. The molecule has 0 bridgehead atoms. The smallest absolute Gasteiger partial charge is 0.317 e. The number of carbonyl (C=O) groups is 1. The summed E-state index contributed by atoms with van der Waals surface area (Å²) in [6.07, 6.45) is 5.21. The SMILES string of the molecule is CCCNC(=O)N1CCOCC1CNc1nc(-c2c[nH]c3ncc(Cl)cc23)ncc1F. The second-order valence-corrected chi connectivity index (χ2v) is 7.61. The molecular formula is C20H23ClFN7O2. The van der Waals surface area contributed by atoms with Gasteiger partial charge >= 0.3 is 6.03 Å². The number of fused-ring (bicyclic) bond motifs is 1. The minimum absolute atomic E-state index is 0.0498. The van der Waals surface area contributed by atoms with Crippen LogP contribution in [0.5, 0.6) is 0 Å². The quantitative estimate of drug-likeness (QED) is 0.536. The third-order valence-electron chi connectivity index (χ3n) is 5.00. The predicted molar refractivity (Wildman–Crippen MR) is 116 cm³/mol. The fraction of sp³-hybridized carbons (Fsp3) is 0.400. The van der Waals surface area contributed by atoms with E-state index in [-0.39, 0.29) is 24.4 Å². The molecule has 11 heteroatoms. The lowest BCUT2D eigenvalue weighted by Gasteiger charge is -2.35. The van der Waals surface area contributed by atoms with E-state index in [0.29, 0.717) is 48.4 Å². The Morgan fingerprint density at radius 1 is 1.42 bits per heavy atom. The number of urea groups is 1. The average molecular weight is 448 g/mol. The molecule has 0 spiro atoms. The highest BCUT2D eigenvalue weighted by molar-refractivity contribution is 6.31. The first-order valence-corrected chi connectivity index (χ1v) is 10.5. The molecule has 0 aliphatic carbocycles. The molecule has 3 aromatic rings. The number of ether oxygens (including phenoxy) is 1. The third-order valence-corrected chi connectivity index (χ3v) is 5.21. The average Bonchev–Trinajstić information content (AvgIpc) is 3.20. The first kappa shape index (κ1) is 21.3. The van der Waals surface area contributed by atoms with Gasteiger partial charge in [0.05, 0.1) is 30.5 Å². The molecule has 1 unspecified atom stereocenters. The number of anilines is 1. The Morgan fingerprint density at radius 2 is 2.29 bits per heavy atom. The number of hydrogen-bond donors (Lipinski definition) is 3. The maximum absolute atomic E-state index is 14.4. The minimum Gasteiger partial charge on any atom is -0.377 e. The van der Waals surface area contributed by atoms with Crippen LogP contribution in [-0.4, -0.2) is 69.8 Å². The number of pyridine rings is 1. The number of halogens is 2. The zero-order valence-electron chi connectivity index (χ0n) is 17.0. The van der Waals surface area contributed by atoms with Crippen molar-refractivity contribution in [3.8, 4) is 11.4 Å². The van der Waals surface area contributed by atoms with Crippen LogP contribution < -0.4 is 10.6 Å². The molecule has 1 atom stereocenters. The van der Waals surface area contributed by atoms with Gasteiger partial charge in [-0.1, -0.05) is 18.5 Å². The van der Waals surface area contributed by atoms with Gasteiger partial charge in [-0.05, 0) is 12.5 Å². The molecule has 4 heterocycles. The van der Waals surface area contributed by atoms with E-state index < -0.39 is 5.82 Å². The van der Waals surface area contributed by atoms with E-state index in [1.54, 1.807) is 17.2 Å². The normalized spacial score (nSPS) is 16.5. The summed E-state index contributed by atoms with van der Waals surface area (Å²) in [7, 11) is 0. The van der Waals surface area contributed by atoms with Crippen LogP contribution in [0.1, 0.15) is 13.3 Å². The number of rotatable bonds is 6. The summed E-state index contributed by atoms with van der Waals surface area (Å²) >= 11 is 6.06. The summed E-state index contributed by atoms with van der Waals surface area (Å²) in [6, 6.07) is 1.35. The summed E-state index contributed by atoms with van der Waals surface area (Å²) in [5.41, 5.74) is 1.30. The number of aromatic nitrogens is 4. The van der Waals surface area contributed by atoms with Gasteiger partial charge in [0.2, 0.25) is 0 Å². The molecule has 1 saturated heterocycles. The van der Waals surface area contributed by atoms with Gasteiger partial charge in [-0.2, -0.15) is 0 Å².